The molecule has 2 N–H and O–H groups in total. The van der Waals surface area contributed by atoms with Gasteiger partial charge in [-0.05, 0) is 42.5 Å². The topological polar surface area (TPSA) is 58.2 Å². The Balaban J connectivity index is 1.72. The van der Waals surface area contributed by atoms with Gasteiger partial charge in [0.1, 0.15) is 0 Å². The first-order valence-corrected chi connectivity index (χ1v) is 8.68. The average Bonchev–Trinajstić information content (AvgIpc) is 2.52. The van der Waals surface area contributed by atoms with Crippen LogP contribution in [0.3, 0.4) is 0 Å². The molecule has 1 aromatic carbocycles. The Kier molecular flexibility index (Phi) is 6.46. The van der Waals surface area contributed by atoms with Crippen LogP contribution in [0.2, 0.25) is 5.02 Å². The van der Waals surface area contributed by atoms with E-state index >= 15 is 0 Å². The maximum atomic E-state index is 12.0. The summed E-state index contributed by atoms with van der Waals surface area (Å²) in [5.41, 5.74) is 0.546. The van der Waals surface area contributed by atoms with Gasteiger partial charge in [-0.2, -0.15) is 0 Å². The van der Waals surface area contributed by atoms with Crippen LogP contribution in [0.5, 0.6) is 0 Å². The molecule has 0 aromatic heterocycles. The molecule has 0 bridgehead atoms. The number of carbonyl (C=O) groups excluding carboxylic acids is 2. The second-order valence-electron chi connectivity index (χ2n) is 6.45. The number of halogens is 1. The summed E-state index contributed by atoms with van der Waals surface area (Å²) in [6.07, 6.45) is 3.76. The van der Waals surface area contributed by atoms with E-state index in [9.17, 15) is 9.59 Å². The molecule has 0 spiro atoms. The Bertz CT molecular complexity index is 544. The van der Waals surface area contributed by atoms with E-state index < -0.39 is 0 Å². The minimum Gasteiger partial charge on any atom is -0.353 e. The molecule has 0 unspecified atom stereocenters. The fraction of sp³-hybridized carbons (Fsp3) is 0.556. The minimum absolute atomic E-state index is 0.00681. The van der Waals surface area contributed by atoms with Crippen LogP contribution in [0.4, 0.5) is 0 Å². The molecule has 0 radical (unpaired) electrons. The molecule has 1 aliphatic rings. The Labute approximate surface area is 143 Å². The molecule has 126 valence electrons. The van der Waals surface area contributed by atoms with Gasteiger partial charge in [-0.15, -0.1) is 0 Å². The summed E-state index contributed by atoms with van der Waals surface area (Å²) in [5.74, 6) is 0.983. The van der Waals surface area contributed by atoms with Gasteiger partial charge in [0.2, 0.25) is 5.91 Å². The van der Waals surface area contributed by atoms with Gasteiger partial charge in [-0.1, -0.05) is 38.3 Å². The number of benzene rings is 1. The van der Waals surface area contributed by atoms with Gasteiger partial charge in [-0.25, -0.2) is 0 Å². The third-order valence-electron chi connectivity index (χ3n) is 4.80. The van der Waals surface area contributed by atoms with Crippen LogP contribution in [0.1, 0.15) is 49.9 Å². The van der Waals surface area contributed by atoms with E-state index in [1.165, 1.54) is 12.8 Å². The number of carbonyl (C=O) groups is 2. The van der Waals surface area contributed by atoms with Gasteiger partial charge >= 0.3 is 0 Å². The third kappa shape index (κ3) is 5.24. The van der Waals surface area contributed by atoms with Gasteiger partial charge < -0.3 is 10.6 Å². The molecule has 0 heterocycles. The predicted octanol–water partition coefficient (Wildman–Crippen LogP) is 3.40. The van der Waals surface area contributed by atoms with E-state index in [1.54, 1.807) is 24.3 Å². The summed E-state index contributed by atoms with van der Waals surface area (Å²) in [6.45, 7) is 4.79. The predicted molar refractivity (Wildman–Crippen MR) is 92.5 cm³/mol. The van der Waals surface area contributed by atoms with E-state index in [0.29, 0.717) is 35.4 Å². The molecule has 23 heavy (non-hydrogen) atoms. The first kappa shape index (κ1) is 17.8. The number of hydrogen-bond acceptors (Lipinski definition) is 2. The van der Waals surface area contributed by atoms with Crippen molar-refractivity contribution in [3.8, 4) is 0 Å². The van der Waals surface area contributed by atoms with Crippen molar-refractivity contribution in [1.82, 2.24) is 10.6 Å². The average molecular weight is 337 g/mol. The van der Waals surface area contributed by atoms with Gasteiger partial charge in [-0.3, -0.25) is 9.59 Å². The minimum atomic E-state index is -0.186. The molecule has 0 saturated heterocycles. The highest BCUT2D eigenvalue weighted by Crippen LogP contribution is 2.29. The highest BCUT2D eigenvalue weighted by molar-refractivity contribution is 6.30. The zero-order chi connectivity index (χ0) is 16.8. The molecule has 5 heteroatoms. The monoisotopic (exact) mass is 336 g/mol. The standard InChI is InChI=1S/C18H25ClN2O2/c1-12-4-3-5-16(13(12)2)21-17(22)10-11-20-18(23)14-6-8-15(19)9-7-14/h6-9,12-13,16H,3-5,10-11H2,1-2H3,(H,20,23)(H,21,22)/t12-,13+,16-/m1/s1. The third-order valence-corrected chi connectivity index (χ3v) is 5.05. The molecule has 1 saturated carbocycles. The van der Waals surface area contributed by atoms with Crippen molar-refractivity contribution in [3.63, 3.8) is 0 Å². The fourth-order valence-corrected chi connectivity index (χ4v) is 3.18. The zero-order valence-corrected chi connectivity index (χ0v) is 14.5. The van der Waals surface area contributed by atoms with Crippen LogP contribution in [-0.4, -0.2) is 24.4 Å². The molecule has 0 aliphatic heterocycles. The van der Waals surface area contributed by atoms with Crippen molar-refractivity contribution in [2.45, 2.75) is 45.6 Å². The Morgan fingerprint density at radius 1 is 1.17 bits per heavy atom. The van der Waals surface area contributed by atoms with Gasteiger partial charge in [0.15, 0.2) is 0 Å². The summed E-state index contributed by atoms with van der Waals surface area (Å²) >= 11 is 5.79. The highest BCUT2D eigenvalue weighted by atomic mass is 35.5. The summed E-state index contributed by atoms with van der Waals surface area (Å²) in [4.78, 5) is 24.0. The largest absolute Gasteiger partial charge is 0.353 e. The van der Waals surface area contributed by atoms with E-state index in [-0.39, 0.29) is 17.9 Å². The van der Waals surface area contributed by atoms with Crippen molar-refractivity contribution < 1.29 is 9.59 Å². The Morgan fingerprint density at radius 3 is 2.57 bits per heavy atom. The van der Waals surface area contributed by atoms with Crippen molar-refractivity contribution >= 4 is 23.4 Å². The summed E-state index contributed by atoms with van der Waals surface area (Å²) < 4.78 is 0. The number of hydrogen-bond donors (Lipinski definition) is 2. The molecule has 2 amide bonds. The van der Waals surface area contributed by atoms with Crippen LogP contribution in [0.25, 0.3) is 0 Å². The van der Waals surface area contributed by atoms with Crippen LogP contribution in [0, 0.1) is 11.8 Å². The van der Waals surface area contributed by atoms with Gasteiger partial charge in [0.25, 0.3) is 5.91 Å². The molecule has 1 fully saturated rings. The van der Waals surface area contributed by atoms with Crippen molar-refractivity contribution in [2.24, 2.45) is 11.8 Å². The van der Waals surface area contributed by atoms with Crippen LogP contribution < -0.4 is 10.6 Å². The quantitative estimate of drug-likeness (QED) is 0.865. The van der Waals surface area contributed by atoms with Crippen molar-refractivity contribution in [3.05, 3.63) is 34.9 Å². The smallest absolute Gasteiger partial charge is 0.251 e. The summed E-state index contributed by atoms with van der Waals surface area (Å²) in [6, 6.07) is 6.95. The molecule has 1 aromatic rings. The second kappa shape index (κ2) is 8.34. The van der Waals surface area contributed by atoms with Crippen LogP contribution in [0.15, 0.2) is 24.3 Å². The lowest BCUT2D eigenvalue weighted by atomic mass is 9.78. The molecule has 1 aliphatic carbocycles. The lowest BCUT2D eigenvalue weighted by Crippen LogP contribution is -2.44. The molecule has 2 rings (SSSR count). The normalized spacial score (nSPS) is 24.0. The first-order valence-electron chi connectivity index (χ1n) is 8.30. The van der Waals surface area contributed by atoms with Gasteiger partial charge in [0.05, 0.1) is 0 Å². The molecule has 3 atom stereocenters. The lowest BCUT2D eigenvalue weighted by Gasteiger charge is -2.34. The van der Waals surface area contributed by atoms with Crippen molar-refractivity contribution in [2.75, 3.05) is 6.54 Å². The Morgan fingerprint density at radius 2 is 1.87 bits per heavy atom. The fourth-order valence-electron chi connectivity index (χ4n) is 3.06. The van der Waals surface area contributed by atoms with E-state index in [0.717, 1.165) is 6.42 Å². The number of amides is 2. The van der Waals surface area contributed by atoms with E-state index in [2.05, 4.69) is 24.5 Å². The molecular weight excluding hydrogens is 312 g/mol. The highest BCUT2D eigenvalue weighted by Gasteiger charge is 2.27. The number of nitrogens with one attached hydrogen (secondary N) is 2. The first-order chi connectivity index (χ1) is 11.0. The van der Waals surface area contributed by atoms with E-state index in [1.807, 2.05) is 0 Å². The molecule has 4 nitrogen and oxygen atoms in total. The van der Waals surface area contributed by atoms with Gasteiger partial charge in [0, 0.05) is 29.6 Å². The maximum absolute atomic E-state index is 12.0. The van der Waals surface area contributed by atoms with Crippen LogP contribution >= 0.6 is 11.6 Å². The molecular formula is C18H25ClN2O2. The lowest BCUT2D eigenvalue weighted by molar-refractivity contribution is -0.122. The number of rotatable bonds is 5. The summed E-state index contributed by atoms with van der Waals surface area (Å²) in [7, 11) is 0. The SMILES string of the molecule is C[C@H]1[C@H](C)CCC[C@H]1NC(=O)CCNC(=O)c1ccc(Cl)cc1. The van der Waals surface area contributed by atoms with E-state index in [4.69, 9.17) is 11.6 Å². The zero-order valence-electron chi connectivity index (χ0n) is 13.8. The Hall–Kier alpha value is -1.55. The van der Waals surface area contributed by atoms with Crippen molar-refractivity contribution in [1.29, 1.82) is 0 Å². The summed E-state index contributed by atoms with van der Waals surface area (Å²) in [5, 5.41) is 6.47. The van der Waals surface area contributed by atoms with Crippen LogP contribution in [-0.2, 0) is 4.79 Å². The maximum Gasteiger partial charge on any atom is 0.251 e. The second-order valence-corrected chi connectivity index (χ2v) is 6.89.